The summed E-state index contributed by atoms with van der Waals surface area (Å²) in [5.74, 6) is -0.152. The molecule has 0 bridgehead atoms. The summed E-state index contributed by atoms with van der Waals surface area (Å²) in [5.41, 5.74) is 0.314. The van der Waals surface area contributed by atoms with E-state index in [1.54, 1.807) is 36.1 Å². The Kier molecular flexibility index (Phi) is 5.25. The zero-order valence-corrected chi connectivity index (χ0v) is 15.1. The first-order valence-corrected chi connectivity index (χ1v) is 10.5. The van der Waals surface area contributed by atoms with Crippen LogP contribution in [0, 0.1) is 0 Å². The van der Waals surface area contributed by atoms with Crippen molar-refractivity contribution in [1.82, 2.24) is 9.80 Å². The summed E-state index contributed by atoms with van der Waals surface area (Å²) in [7, 11) is -3.39. The average Bonchev–Trinajstić information content (AvgIpc) is 3.16. The number of amides is 1. The molecule has 3 rings (SSSR count). The fourth-order valence-electron chi connectivity index (χ4n) is 3.80. The number of nitrogens with zero attached hydrogens (tertiary/aromatic N) is 2. The number of benzene rings is 1. The number of hydrogen-bond acceptors (Lipinski definition) is 4. The van der Waals surface area contributed by atoms with Crippen molar-refractivity contribution in [3.8, 4) is 0 Å². The van der Waals surface area contributed by atoms with E-state index in [0.29, 0.717) is 24.7 Å². The van der Waals surface area contributed by atoms with Crippen LogP contribution in [0.25, 0.3) is 0 Å². The highest BCUT2D eigenvalue weighted by atomic mass is 32.2. The predicted molar refractivity (Wildman–Crippen MR) is 93.9 cm³/mol. The first-order chi connectivity index (χ1) is 11.5. The molecule has 0 radical (unpaired) electrons. The molecule has 0 unspecified atom stereocenters. The van der Waals surface area contributed by atoms with Gasteiger partial charge in [0, 0.05) is 32.2 Å². The van der Waals surface area contributed by atoms with E-state index in [-0.39, 0.29) is 16.6 Å². The molecule has 0 spiro atoms. The van der Waals surface area contributed by atoms with E-state index in [1.165, 1.54) is 25.7 Å². The maximum absolute atomic E-state index is 12.9. The molecule has 132 valence electrons. The molecule has 1 aliphatic carbocycles. The molecule has 6 heteroatoms. The van der Waals surface area contributed by atoms with E-state index in [4.69, 9.17) is 0 Å². The van der Waals surface area contributed by atoms with Crippen LogP contribution in [-0.4, -0.2) is 62.1 Å². The molecule has 0 aromatic heterocycles. The molecule has 1 saturated heterocycles. The molecule has 5 nitrogen and oxygen atoms in total. The Bertz CT molecular complexity index is 688. The van der Waals surface area contributed by atoms with E-state index in [0.717, 1.165) is 13.1 Å². The topological polar surface area (TPSA) is 57.7 Å². The first kappa shape index (κ1) is 17.4. The molecule has 1 aromatic carbocycles. The van der Waals surface area contributed by atoms with Crippen LogP contribution in [0.1, 0.15) is 43.0 Å². The van der Waals surface area contributed by atoms with Crippen LogP contribution in [0.15, 0.2) is 29.2 Å². The summed E-state index contributed by atoms with van der Waals surface area (Å²) in [6.45, 7) is 4.74. The van der Waals surface area contributed by atoms with E-state index >= 15 is 0 Å². The van der Waals surface area contributed by atoms with E-state index in [9.17, 15) is 13.2 Å². The standard InChI is InChI=1S/C18H26N2O3S/c1-2-24(22,23)17-10-6-5-9-16(17)18(21)20-13-11-19(12-14-20)15-7-3-4-8-15/h5-6,9-10,15H,2-4,7-8,11-14H2,1H3. The number of piperazine rings is 1. The fourth-order valence-corrected chi connectivity index (χ4v) is 4.89. The quantitative estimate of drug-likeness (QED) is 0.835. The van der Waals surface area contributed by atoms with Gasteiger partial charge >= 0.3 is 0 Å². The Hall–Kier alpha value is -1.40. The molecule has 0 N–H and O–H groups in total. The summed E-state index contributed by atoms with van der Waals surface area (Å²) in [6.07, 6.45) is 5.16. The second-order valence-corrected chi connectivity index (χ2v) is 8.91. The summed E-state index contributed by atoms with van der Waals surface area (Å²) >= 11 is 0. The van der Waals surface area contributed by atoms with Crippen molar-refractivity contribution in [2.24, 2.45) is 0 Å². The molecule has 0 atom stereocenters. The van der Waals surface area contributed by atoms with Crippen LogP contribution in [0.5, 0.6) is 0 Å². The lowest BCUT2D eigenvalue weighted by atomic mass is 10.1. The third-order valence-electron chi connectivity index (χ3n) is 5.28. The lowest BCUT2D eigenvalue weighted by molar-refractivity contribution is 0.0570. The van der Waals surface area contributed by atoms with Crippen molar-refractivity contribution in [3.63, 3.8) is 0 Å². The molecule has 2 fully saturated rings. The zero-order chi connectivity index (χ0) is 17.2. The van der Waals surface area contributed by atoms with Crippen molar-refractivity contribution in [3.05, 3.63) is 29.8 Å². The van der Waals surface area contributed by atoms with Gasteiger partial charge in [0.25, 0.3) is 5.91 Å². The van der Waals surface area contributed by atoms with Crippen molar-refractivity contribution in [2.45, 2.75) is 43.5 Å². The van der Waals surface area contributed by atoms with Crippen molar-refractivity contribution < 1.29 is 13.2 Å². The van der Waals surface area contributed by atoms with Crippen molar-refractivity contribution in [1.29, 1.82) is 0 Å². The molecule has 24 heavy (non-hydrogen) atoms. The van der Waals surface area contributed by atoms with Gasteiger partial charge in [0.2, 0.25) is 0 Å². The maximum Gasteiger partial charge on any atom is 0.255 e. The summed E-state index contributed by atoms with van der Waals surface area (Å²) in [4.78, 5) is 17.3. The lowest BCUT2D eigenvalue weighted by Crippen LogP contribution is -2.51. The zero-order valence-electron chi connectivity index (χ0n) is 14.3. The minimum atomic E-state index is -3.39. The van der Waals surface area contributed by atoms with Gasteiger partial charge < -0.3 is 4.90 Å². The van der Waals surface area contributed by atoms with Gasteiger partial charge in [-0.25, -0.2) is 8.42 Å². The van der Waals surface area contributed by atoms with Gasteiger partial charge in [-0.15, -0.1) is 0 Å². The predicted octanol–water partition coefficient (Wildman–Crippen LogP) is 2.18. The Morgan fingerprint density at radius 1 is 1.08 bits per heavy atom. The molecule has 1 heterocycles. The van der Waals surface area contributed by atoms with Crippen LogP contribution < -0.4 is 0 Å². The van der Waals surface area contributed by atoms with Crippen LogP contribution in [0.4, 0.5) is 0 Å². The maximum atomic E-state index is 12.9. The molecule has 1 aliphatic heterocycles. The fraction of sp³-hybridized carbons (Fsp3) is 0.611. The minimum absolute atomic E-state index is 0.00670. The largest absolute Gasteiger partial charge is 0.336 e. The third-order valence-corrected chi connectivity index (χ3v) is 7.06. The smallest absolute Gasteiger partial charge is 0.255 e. The summed E-state index contributed by atoms with van der Waals surface area (Å²) in [6, 6.07) is 7.26. The summed E-state index contributed by atoms with van der Waals surface area (Å²) in [5, 5.41) is 0. The van der Waals surface area contributed by atoms with Gasteiger partial charge in [0.1, 0.15) is 0 Å². The molecule has 1 saturated carbocycles. The molecule has 1 amide bonds. The minimum Gasteiger partial charge on any atom is -0.336 e. The highest BCUT2D eigenvalue weighted by molar-refractivity contribution is 7.91. The third kappa shape index (κ3) is 3.49. The number of hydrogen-bond donors (Lipinski definition) is 0. The normalized spacial score (nSPS) is 20.5. The number of carbonyl (C=O) groups excluding carboxylic acids is 1. The second-order valence-electron chi connectivity index (χ2n) is 6.67. The Balaban J connectivity index is 1.72. The Morgan fingerprint density at radius 3 is 2.33 bits per heavy atom. The number of sulfone groups is 1. The van der Waals surface area contributed by atoms with Crippen LogP contribution >= 0.6 is 0 Å². The van der Waals surface area contributed by atoms with Gasteiger partial charge in [-0.2, -0.15) is 0 Å². The second kappa shape index (κ2) is 7.23. The highest BCUT2D eigenvalue weighted by Gasteiger charge is 2.30. The van der Waals surface area contributed by atoms with Gasteiger partial charge in [0.05, 0.1) is 16.2 Å². The number of carbonyl (C=O) groups is 1. The highest BCUT2D eigenvalue weighted by Crippen LogP contribution is 2.25. The molecular formula is C18H26N2O3S. The van der Waals surface area contributed by atoms with Gasteiger partial charge in [-0.05, 0) is 25.0 Å². The number of rotatable bonds is 4. The van der Waals surface area contributed by atoms with Crippen LogP contribution in [0.2, 0.25) is 0 Å². The lowest BCUT2D eigenvalue weighted by Gasteiger charge is -2.38. The average molecular weight is 350 g/mol. The Morgan fingerprint density at radius 2 is 1.71 bits per heavy atom. The molecule has 1 aromatic rings. The molecular weight excluding hydrogens is 324 g/mol. The van der Waals surface area contributed by atoms with E-state index < -0.39 is 9.84 Å². The van der Waals surface area contributed by atoms with Gasteiger partial charge in [0.15, 0.2) is 9.84 Å². The SMILES string of the molecule is CCS(=O)(=O)c1ccccc1C(=O)N1CCN(C2CCCC2)CC1. The molecule has 2 aliphatic rings. The van der Waals surface area contributed by atoms with Crippen molar-refractivity contribution >= 4 is 15.7 Å². The monoisotopic (exact) mass is 350 g/mol. The van der Waals surface area contributed by atoms with E-state index in [2.05, 4.69) is 4.90 Å². The van der Waals surface area contributed by atoms with Gasteiger partial charge in [-0.3, -0.25) is 9.69 Å². The Labute approximate surface area is 144 Å². The van der Waals surface area contributed by atoms with E-state index in [1.807, 2.05) is 0 Å². The van der Waals surface area contributed by atoms with Gasteiger partial charge in [-0.1, -0.05) is 31.9 Å². The van der Waals surface area contributed by atoms with Crippen molar-refractivity contribution in [2.75, 3.05) is 31.9 Å². The summed E-state index contributed by atoms with van der Waals surface area (Å²) < 4.78 is 24.5. The first-order valence-electron chi connectivity index (χ1n) is 8.88. The van der Waals surface area contributed by atoms with Crippen LogP contribution in [-0.2, 0) is 9.84 Å². The van der Waals surface area contributed by atoms with Crippen LogP contribution in [0.3, 0.4) is 0 Å².